The Hall–Kier alpha value is -2.75. The molecule has 1 atom stereocenters. The Morgan fingerprint density at radius 1 is 1.21 bits per heavy atom. The minimum absolute atomic E-state index is 0.0817. The number of H-pyrrole nitrogens is 1. The van der Waals surface area contributed by atoms with Gasteiger partial charge in [-0.1, -0.05) is 30.3 Å². The maximum absolute atomic E-state index is 12.3. The number of carbonyl (C=O) groups excluding carboxylic acids is 1. The summed E-state index contributed by atoms with van der Waals surface area (Å²) in [6.45, 7) is 0. The van der Waals surface area contributed by atoms with Crippen molar-refractivity contribution in [3.05, 3.63) is 65.4 Å². The molecule has 0 saturated carbocycles. The number of hydrogen-bond donors (Lipinski definition) is 2. The van der Waals surface area contributed by atoms with E-state index in [0.29, 0.717) is 6.42 Å². The number of methoxy groups -OCH3 is 1. The molecular formula is C20H20N2O2. The fourth-order valence-corrected chi connectivity index (χ4v) is 3.54. The zero-order valence-electron chi connectivity index (χ0n) is 13.6. The van der Waals surface area contributed by atoms with Gasteiger partial charge in [-0.05, 0) is 35.7 Å². The van der Waals surface area contributed by atoms with Crippen molar-refractivity contribution in [2.45, 2.75) is 25.3 Å². The maximum Gasteiger partial charge on any atom is 0.224 e. The fourth-order valence-electron chi connectivity index (χ4n) is 3.54. The third kappa shape index (κ3) is 2.75. The van der Waals surface area contributed by atoms with E-state index in [-0.39, 0.29) is 11.9 Å². The Balaban J connectivity index is 1.46. The largest absolute Gasteiger partial charge is 0.497 e. The highest BCUT2D eigenvalue weighted by atomic mass is 16.5. The van der Waals surface area contributed by atoms with Gasteiger partial charge in [-0.2, -0.15) is 0 Å². The van der Waals surface area contributed by atoms with Crippen LogP contribution in [0.25, 0.3) is 10.9 Å². The number of hydrogen-bond acceptors (Lipinski definition) is 2. The molecule has 4 heteroatoms. The van der Waals surface area contributed by atoms with Gasteiger partial charge in [0, 0.05) is 29.1 Å². The van der Waals surface area contributed by atoms with E-state index in [0.717, 1.165) is 29.7 Å². The number of fused-ring (bicyclic) bond motifs is 3. The zero-order chi connectivity index (χ0) is 16.5. The van der Waals surface area contributed by atoms with E-state index in [1.54, 1.807) is 7.11 Å². The molecule has 2 aromatic carbocycles. The molecule has 0 fully saturated rings. The molecule has 1 aliphatic rings. The molecule has 1 unspecified atom stereocenters. The van der Waals surface area contributed by atoms with Crippen molar-refractivity contribution < 1.29 is 9.53 Å². The maximum atomic E-state index is 12.3. The van der Waals surface area contributed by atoms with Crippen LogP contribution in [0.5, 0.6) is 5.75 Å². The molecule has 1 aliphatic carbocycles. The van der Waals surface area contributed by atoms with Gasteiger partial charge in [0.05, 0.1) is 13.5 Å². The van der Waals surface area contributed by atoms with Gasteiger partial charge in [0.25, 0.3) is 0 Å². The lowest BCUT2D eigenvalue weighted by atomic mass is 10.1. The van der Waals surface area contributed by atoms with Crippen LogP contribution < -0.4 is 10.1 Å². The zero-order valence-corrected chi connectivity index (χ0v) is 13.6. The van der Waals surface area contributed by atoms with Crippen molar-refractivity contribution in [1.29, 1.82) is 0 Å². The first-order chi connectivity index (χ1) is 11.7. The molecule has 122 valence electrons. The molecule has 24 heavy (non-hydrogen) atoms. The first-order valence-electron chi connectivity index (χ1n) is 8.23. The lowest BCUT2D eigenvalue weighted by Crippen LogP contribution is -2.36. The van der Waals surface area contributed by atoms with Crippen molar-refractivity contribution in [1.82, 2.24) is 10.3 Å². The van der Waals surface area contributed by atoms with E-state index in [1.165, 1.54) is 16.6 Å². The van der Waals surface area contributed by atoms with E-state index in [1.807, 2.05) is 36.4 Å². The molecule has 0 aliphatic heterocycles. The number of amides is 1. The molecule has 0 radical (unpaired) electrons. The standard InChI is InChI=1S/C20H20N2O2/c1-24-15-7-8-18-17(12-15)16-10-14(11-19(16)22-18)21-20(23)9-13-5-3-2-4-6-13/h2-8,12,14,22H,9-11H2,1H3,(H,21,23). The molecule has 4 nitrogen and oxygen atoms in total. The molecule has 2 N–H and O–H groups in total. The number of aromatic amines is 1. The topological polar surface area (TPSA) is 54.1 Å². The van der Waals surface area contributed by atoms with Crippen molar-refractivity contribution >= 4 is 16.8 Å². The summed E-state index contributed by atoms with van der Waals surface area (Å²) < 4.78 is 5.33. The number of carbonyl (C=O) groups is 1. The number of nitrogens with one attached hydrogen (secondary N) is 2. The summed E-state index contributed by atoms with van der Waals surface area (Å²) in [4.78, 5) is 15.7. The van der Waals surface area contributed by atoms with Crippen LogP contribution in [0, 0.1) is 0 Å². The van der Waals surface area contributed by atoms with Gasteiger partial charge < -0.3 is 15.0 Å². The monoisotopic (exact) mass is 320 g/mol. The van der Waals surface area contributed by atoms with Gasteiger partial charge in [-0.25, -0.2) is 0 Å². The smallest absolute Gasteiger partial charge is 0.224 e. The van der Waals surface area contributed by atoms with Gasteiger partial charge >= 0.3 is 0 Å². The Bertz CT molecular complexity index is 883. The van der Waals surface area contributed by atoms with Crippen LogP contribution in [-0.2, 0) is 24.1 Å². The Morgan fingerprint density at radius 3 is 2.83 bits per heavy atom. The quantitative estimate of drug-likeness (QED) is 0.776. The van der Waals surface area contributed by atoms with Crippen LogP contribution in [0.15, 0.2) is 48.5 Å². The van der Waals surface area contributed by atoms with Crippen molar-refractivity contribution in [3.8, 4) is 5.75 Å². The molecular weight excluding hydrogens is 300 g/mol. The van der Waals surface area contributed by atoms with Crippen molar-refractivity contribution in [3.63, 3.8) is 0 Å². The van der Waals surface area contributed by atoms with Gasteiger partial charge in [0.1, 0.15) is 5.75 Å². The van der Waals surface area contributed by atoms with E-state index in [2.05, 4.69) is 22.4 Å². The lowest BCUT2D eigenvalue weighted by molar-refractivity contribution is -0.121. The van der Waals surface area contributed by atoms with Gasteiger partial charge in [0.2, 0.25) is 5.91 Å². The van der Waals surface area contributed by atoms with Crippen molar-refractivity contribution in [2.24, 2.45) is 0 Å². The molecule has 0 spiro atoms. The molecule has 1 amide bonds. The number of aromatic nitrogens is 1. The summed E-state index contributed by atoms with van der Waals surface area (Å²) in [5.41, 5.74) is 4.70. The first kappa shape index (κ1) is 14.8. The highest BCUT2D eigenvalue weighted by Crippen LogP contribution is 2.32. The highest BCUT2D eigenvalue weighted by molar-refractivity contribution is 5.87. The fraction of sp³-hybridized carbons (Fsp3) is 0.250. The number of benzene rings is 2. The minimum Gasteiger partial charge on any atom is -0.497 e. The Labute approximate surface area is 140 Å². The first-order valence-corrected chi connectivity index (χ1v) is 8.23. The van der Waals surface area contributed by atoms with E-state index in [9.17, 15) is 4.79 Å². The summed E-state index contributed by atoms with van der Waals surface area (Å²) in [6.07, 6.45) is 2.15. The van der Waals surface area contributed by atoms with Gasteiger partial charge in [-0.3, -0.25) is 4.79 Å². The summed E-state index contributed by atoms with van der Waals surface area (Å²) in [6, 6.07) is 16.1. The van der Waals surface area contributed by atoms with E-state index < -0.39 is 0 Å². The molecule has 0 saturated heterocycles. The average Bonchev–Trinajstić information content (AvgIpc) is 3.12. The lowest BCUT2D eigenvalue weighted by Gasteiger charge is -2.12. The number of ether oxygens (including phenoxy) is 1. The van der Waals surface area contributed by atoms with Gasteiger partial charge in [-0.15, -0.1) is 0 Å². The molecule has 1 aromatic heterocycles. The van der Waals surface area contributed by atoms with E-state index in [4.69, 9.17) is 4.74 Å². The SMILES string of the molecule is COc1ccc2[nH]c3c(c2c1)CC(NC(=O)Cc1ccccc1)C3. The molecule has 3 aromatic rings. The van der Waals surface area contributed by atoms with Crippen LogP contribution in [0.4, 0.5) is 0 Å². The molecule has 1 heterocycles. The van der Waals surface area contributed by atoms with Crippen molar-refractivity contribution in [2.75, 3.05) is 7.11 Å². The normalized spacial score (nSPS) is 16.1. The van der Waals surface area contributed by atoms with Crippen LogP contribution >= 0.6 is 0 Å². The van der Waals surface area contributed by atoms with Crippen LogP contribution in [0.2, 0.25) is 0 Å². The summed E-state index contributed by atoms with van der Waals surface area (Å²) in [5, 5.41) is 4.36. The highest BCUT2D eigenvalue weighted by Gasteiger charge is 2.26. The predicted molar refractivity (Wildman–Crippen MR) is 94.3 cm³/mol. The average molecular weight is 320 g/mol. The van der Waals surface area contributed by atoms with Crippen LogP contribution in [-0.4, -0.2) is 24.0 Å². The Kier molecular flexibility index (Phi) is 3.73. The summed E-state index contributed by atoms with van der Waals surface area (Å²) in [5.74, 6) is 0.944. The van der Waals surface area contributed by atoms with Crippen LogP contribution in [0.1, 0.15) is 16.8 Å². The minimum atomic E-state index is 0.0817. The third-order valence-corrected chi connectivity index (χ3v) is 4.68. The van der Waals surface area contributed by atoms with Crippen LogP contribution in [0.3, 0.4) is 0 Å². The second-order valence-electron chi connectivity index (χ2n) is 6.33. The Morgan fingerprint density at radius 2 is 2.04 bits per heavy atom. The second-order valence-corrected chi connectivity index (χ2v) is 6.33. The van der Waals surface area contributed by atoms with Gasteiger partial charge in [0.15, 0.2) is 0 Å². The number of rotatable bonds is 4. The molecule has 0 bridgehead atoms. The van der Waals surface area contributed by atoms with E-state index >= 15 is 0 Å². The second kappa shape index (κ2) is 6.04. The summed E-state index contributed by atoms with van der Waals surface area (Å²) in [7, 11) is 1.68. The summed E-state index contributed by atoms with van der Waals surface area (Å²) >= 11 is 0. The molecule has 4 rings (SSSR count). The predicted octanol–water partition coefficient (Wildman–Crippen LogP) is 3.00. The third-order valence-electron chi connectivity index (χ3n) is 4.68.